The van der Waals surface area contributed by atoms with Gasteiger partial charge in [-0.1, -0.05) is 18.2 Å². The molecule has 0 radical (unpaired) electrons. The van der Waals surface area contributed by atoms with Gasteiger partial charge in [0.15, 0.2) is 0 Å². The normalized spacial score (nSPS) is 10.2. The highest BCUT2D eigenvalue weighted by atomic mass is 79.9. The molecule has 2 aromatic carbocycles. The standard InChI is InChI=1S/C13H10BrFN2O2/c14-11-7-10(5-6-13(11)17(18)19)16-8-9-3-1-2-4-12(9)15/h1-7,16H,8H2. The molecule has 0 aliphatic carbocycles. The average Bonchev–Trinajstić information content (AvgIpc) is 2.37. The maximum atomic E-state index is 13.4. The van der Waals surface area contributed by atoms with Gasteiger partial charge in [-0.3, -0.25) is 10.1 Å². The number of nitro groups is 1. The van der Waals surface area contributed by atoms with E-state index < -0.39 is 4.92 Å². The van der Waals surface area contributed by atoms with E-state index in [9.17, 15) is 14.5 Å². The van der Waals surface area contributed by atoms with Crippen LogP contribution in [0.3, 0.4) is 0 Å². The van der Waals surface area contributed by atoms with Gasteiger partial charge >= 0.3 is 0 Å². The number of benzene rings is 2. The van der Waals surface area contributed by atoms with Gasteiger partial charge in [-0.2, -0.15) is 0 Å². The second kappa shape index (κ2) is 5.79. The van der Waals surface area contributed by atoms with Gasteiger partial charge in [-0.15, -0.1) is 0 Å². The van der Waals surface area contributed by atoms with Gasteiger partial charge in [0, 0.05) is 23.9 Å². The number of nitro benzene ring substituents is 1. The van der Waals surface area contributed by atoms with Gasteiger partial charge in [0.1, 0.15) is 5.82 Å². The van der Waals surface area contributed by atoms with Crippen LogP contribution in [0.1, 0.15) is 5.56 Å². The first kappa shape index (κ1) is 13.5. The highest BCUT2D eigenvalue weighted by Crippen LogP contribution is 2.27. The number of hydrogen-bond acceptors (Lipinski definition) is 3. The van der Waals surface area contributed by atoms with E-state index in [1.165, 1.54) is 12.1 Å². The fraction of sp³-hybridized carbons (Fsp3) is 0.0769. The second-order valence-electron chi connectivity index (χ2n) is 3.87. The molecule has 0 aromatic heterocycles. The highest BCUT2D eigenvalue weighted by molar-refractivity contribution is 9.10. The Bertz CT molecular complexity index is 619. The summed E-state index contributed by atoms with van der Waals surface area (Å²) < 4.78 is 13.8. The van der Waals surface area contributed by atoms with Crippen LogP contribution < -0.4 is 5.32 Å². The van der Waals surface area contributed by atoms with Crippen LogP contribution in [-0.4, -0.2) is 4.92 Å². The molecule has 0 aliphatic heterocycles. The van der Waals surface area contributed by atoms with Crippen molar-refractivity contribution in [2.45, 2.75) is 6.54 Å². The number of nitrogens with zero attached hydrogens (tertiary/aromatic N) is 1. The largest absolute Gasteiger partial charge is 0.381 e. The Balaban J connectivity index is 2.11. The molecule has 0 saturated carbocycles. The molecular formula is C13H10BrFN2O2. The molecule has 4 nitrogen and oxygen atoms in total. The van der Waals surface area contributed by atoms with Gasteiger partial charge in [0.25, 0.3) is 5.69 Å². The van der Waals surface area contributed by atoms with Crippen molar-refractivity contribution in [2.24, 2.45) is 0 Å². The zero-order valence-corrected chi connectivity index (χ0v) is 11.4. The van der Waals surface area contributed by atoms with Crippen molar-refractivity contribution in [1.29, 1.82) is 0 Å². The topological polar surface area (TPSA) is 55.2 Å². The molecule has 0 atom stereocenters. The summed E-state index contributed by atoms with van der Waals surface area (Å²) in [4.78, 5) is 10.2. The van der Waals surface area contributed by atoms with Crippen LogP contribution in [0.5, 0.6) is 0 Å². The molecule has 6 heteroatoms. The Morgan fingerprint density at radius 2 is 2.00 bits per heavy atom. The molecule has 0 bridgehead atoms. The minimum absolute atomic E-state index is 0.00329. The first-order valence-corrected chi connectivity index (χ1v) is 6.28. The maximum Gasteiger partial charge on any atom is 0.283 e. The van der Waals surface area contributed by atoms with Crippen LogP contribution in [0.2, 0.25) is 0 Å². The summed E-state index contributed by atoms with van der Waals surface area (Å²) in [5, 5.41) is 13.7. The number of nitrogens with one attached hydrogen (secondary N) is 1. The van der Waals surface area contributed by atoms with Crippen LogP contribution in [0.15, 0.2) is 46.9 Å². The molecular weight excluding hydrogens is 315 g/mol. The first-order chi connectivity index (χ1) is 9.08. The summed E-state index contributed by atoms with van der Waals surface area (Å²) in [5.74, 6) is -0.282. The Morgan fingerprint density at radius 1 is 1.26 bits per heavy atom. The van der Waals surface area contributed by atoms with E-state index in [0.717, 1.165) is 0 Å². The minimum atomic E-state index is -0.468. The number of hydrogen-bond donors (Lipinski definition) is 1. The number of halogens is 2. The SMILES string of the molecule is O=[N+]([O-])c1ccc(NCc2ccccc2F)cc1Br. The fourth-order valence-electron chi connectivity index (χ4n) is 1.60. The van der Waals surface area contributed by atoms with E-state index in [2.05, 4.69) is 21.2 Å². The summed E-state index contributed by atoms with van der Waals surface area (Å²) >= 11 is 3.13. The lowest BCUT2D eigenvalue weighted by Gasteiger charge is -2.07. The van der Waals surface area contributed by atoms with Crippen molar-refractivity contribution in [3.05, 3.63) is 68.4 Å². The van der Waals surface area contributed by atoms with Gasteiger partial charge in [-0.25, -0.2) is 4.39 Å². The molecule has 19 heavy (non-hydrogen) atoms. The van der Waals surface area contributed by atoms with Crippen molar-refractivity contribution in [3.8, 4) is 0 Å². The van der Waals surface area contributed by atoms with E-state index in [4.69, 9.17) is 0 Å². The summed E-state index contributed by atoms with van der Waals surface area (Å²) in [6, 6.07) is 11.0. The Hall–Kier alpha value is -1.95. The van der Waals surface area contributed by atoms with Crippen LogP contribution >= 0.6 is 15.9 Å². The van der Waals surface area contributed by atoms with Crippen molar-refractivity contribution < 1.29 is 9.31 Å². The third-order valence-electron chi connectivity index (χ3n) is 2.59. The summed E-state index contributed by atoms with van der Waals surface area (Å²) in [6.45, 7) is 0.316. The molecule has 0 aliphatic rings. The molecule has 0 heterocycles. The van der Waals surface area contributed by atoms with Gasteiger partial charge < -0.3 is 5.32 Å². The van der Waals surface area contributed by atoms with Crippen LogP contribution in [0.25, 0.3) is 0 Å². The van der Waals surface area contributed by atoms with Gasteiger partial charge in [0.05, 0.1) is 9.40 Å². The third kappa shape index (κ3) is 3.29. The lowest BCUT2D eigenvalue weighted by Crippen LogP contribution is -2.02. The van der Waals surface area contributed by atoms with Crippen molar-refractivity contribution in [1.82, 2.24) is 0 Å². The second-order valence-corrected chi connectivity index (χ2v) is 4.72. The molecule has 0 saturated heterocycles. The zero-order chi connectivity index (χ0) is 13.8. The highest BCUT2D eigenvalue weighted by Gasteiger charge is 2.11. The summed E-state index contributed by atoms with van der Waals surface area (Å²) in [5.41, 5.74) is 1.22. The Kier molecular flexibility index (Phi) is 4.11. The molecule has 1 N–H and O–H groups in total. The predicted molar refractivity (Wildman–Crippen MR) is 74.5 cm³/mol. The van der Waals surface area contributed by atoms with Crippen molar-refractivity contribution in [2.75, 3.05) is 5.32 Å². The average molecular weight is 325 g/mol. The lowest BCUT2D eigenvalue weighted by atomic mass is 10.2. The van der Waals surface area contributed by atoms with Crippen LogP contribution in [0, 0.1) is 15.9 Å². The molecule has 0 amide bonds. The van der Waals surface area contributed by atoms with Crippen molar-refractivity contribution in [3.63, 3.8) is 0 Å². The zero-order valence-electron chi connectivity index (χ0n) is 9.77. The molecule has 2 aromatic rings. The molecule has 2 rings (SSSR count). The maximum absolute atomic E-state index is 13.4. The number of rotatable bonds is 4. The Morgan fingerprint density at radius 3 is 2.63 bits per heavy atom. The molecule has 0 spiro atoms. The Labute approximate surface area is 117 Å². The third-order valence-corrected chi connectivity index (χ3v) is 3.22. The molecule has 98 valence electrons. The van der Waals surface area contributed by atoms with E-state index in [0.29, 0.717) is 22.3 Å². The first-order valence-electron chi connectivity index (χ1n) is 5.49. The van der Waals surface area contributed by atoms with E-state index in [-0.39, 0.29) is 11.5 Å². The molecule has 0 unspecified atom stereocenters. The van der Waals surface area contributed by atoms with E-state index in [1.807, 2.05) is 0 Å². The monoisotopic (exact) mass is 324 g/mol. The lowest BCUT2D eigenvalue weighted by molar-refractivity contribution is -0.385. The van der Waals surface area contributed by atoms with Crippen molar-refractivity contribution >= 4 is 27.3 Å². The minimum Gasteiger partial charge on any atom is -0.381 e. The summed E-state index contributed by atoms with van der Waals surface area (Å²) in [7, 11) is 0. The number of anilines is 1. The van der Waals surface area contributed by atoms with Crippen LogP contribution in [0.4, 0.5) is 15.8 Å². The smallest absolute Gasteiger partial charge is 0.283 e. The van der Waals surface area contributed by atoms with Crippen LogP contribution in [-0.2, 0) is 6.54 Å². The summed E-state index contributed by atoms with van der Waals surface area (Å²) in [6.07, 6.45) is 0. The fourth-order valence-corrected chi connectivity index (χ4v) is 2.13. The predicted octanol–water partition coefficient (Wildman–Crippen LogP) is 4.11. The van der Waals surface area contributed by atoms with Gasteiger partial charge in [-0.05, 0) is 34.1 Å². The quantitative estimate of drug-likeness (QED) is 0.680. The molecule has 0 fully saturated rings. The van der Waals surface area contributed by atoms with E-state index >= 15 is 0 Å². The van der Waals surface area contributed by atoms with Gasteiger partial charge in [0.2, 0.25) is 0 Å². The van der Waals surface area contributed by atoms with E-state index in [1.54, 1.807) is 30.3 Å².